The minimum Gasteiger partial charge on any atom is -0.0895 e. The first-order valence-corrected chi connectivity index (χ1v) is 13.9. The Morgan fingerprint density at radius 3 is 1.47 bits per heavy atom. The molecule has 0 nitrogen and oxygen atoms in total. The summed E-state index contributed by atoms with van der Waals surface area (Å²) in [6.45, 7) is 0. The molecule has 0 bridgehead atoms. The molecule has 0 saturated carbocycles. The fraction of sp³-hybridized carbons (Fsp3) is 0.0270. The summed E-state index contributed by atoms with van der Waals surface area (Å²) in [4.78, 5) is 2.74. The van der Waals surface area contributed by atoms with E-state index in [1.54, 1.807) is 0 Å². The third kappa shape index (κ3) is 4.47. The highest BCUT2D eigenvalue weighted by atomic mass is 32.2. The van der Waals surface area contributed by atoms with Gasteiger partial charge in [-0.05, 0) is 105 Å². The van der Waals surface area contributed by atoms with Crippen molar-refractivity contribution in [3.8, 4) is 44.5 Å². The summed E-state index contributed by atoms with van der Waals surface area (Å²) in [6.07, 6.45) is 0.992. The predicted molar refractivity (Wildman–Crippen MR) is 162 cm³/mol. The first-order valence-electron chi connectivity index (χ1n) is 13.1. The van der Waals surface area contributed by atoms with Crippen molar-refractivity contribution in [3.63, 3.8) is 0 Å². The normalized spacial score (nSPS) is 12.0. The molecule has 0 unspecified atom stereocenters. The molecule has 1 aliphatic heterocycles. The van der Waals surface area contributed by atoms with Crippen LogP contribution in [0.3, 0.4) is 0 Å². The molecule has 1 aliphatic rings. The van der Waals surface area contributed by atoms with Crippen molar-refractivity contribution in [2.24, 2.45) is 0 Å². The van der Waals surface area contributed by atoms with E-state index in [4.69, 9.17) is 0 Å². The standard InChI is InChI=1S/C37H26S/c1-3-10-26(11-4-1)32-23-33(27-12-5-2-6-13-27)25-34(24-32)29-16-9-15-28(20-29)30-18-19-37-35(21-30)22-31-14-7-8-17-36(31)38-37/h1-21,23-25H,22H2. The van der Waals surface area contributed by atoms with Gasteiger partial charge in [0.05, 0.1) is 0 Å². The highest BCUT2D eigenvalue weighted by Crippen LogP contribution is 2.41. The van der Waals surface area contributed by atoms with Crippen molar-refractivity contribution in [3.05, 3.63) is 157 Å². The molecule has 6 aromatic carbocycles. The quantitative estimate of drug-likeness (QED) is 0.231. The Bertz CT molecular complexity index is 1690. The number of rotatable bonds is 4. The fourth-order valence-electron chi connectivity index (χ4n) is 5.34. The Morgan fingerprint density at radius 1 is 0.316 bits per heavy atom. The average molecular weight is 503 g/mol. The van der Waals surface area contributed by atoms with E-state index in [1.165, 1.54) is 65.4 Å². The molecule has 0 atom stereocenters. The van der Waals surface area contributed by atoms with Crippen LogP contribution < -0.4 is 0 Å². The second kappa shape index (κ2) is 9.85. The second-order valence-electron chi connectivity index (χ2n) is 9.82. The Balaban J connectivity index is 1.30. The molecule has 0 N–H and O–H groups in total. The van der Waals surface area contributed by atoms with Crippen molar-refractivity contribution in [2.75, 3.05) is 0 Å². The molecule has 0 fully saturated rings. The van der Waals surface area contributed by atoms with Gasteiger partial charge in [0.1, 0.15) is 0 Å². The zero-order valence-corrected chi connectivity index (χ0v) is 21.8. The molecule has 1 heteroatoms. The molecule has 0 amide bonds. The van der Waals surface area contributed by atoms with E-state index in [0.29, 0.717) is 0 Å². The van der Waals surface area contributed by atoms with Crippen LogP contribution in [0.5, 0.6) is 0 Å². The number of hydrogen-bond donors (Lipinski definition) is 0. The number of benzene rings is 6. The van der Waals surface area contributed by atoms with E-state index >= 15 is 0 Å². The second-order valence-corrected chi connectivity index (χ2v) is 10.9. The van der Waals surface area contributed by atoms with Crippen LogP contribution in [-0.4, -0.2) is 0 Å². The molecule has 6 aromatic rings. The van der Waals surface area contributed by atoms with Crippen molar-refractivity contribution in [1.82, 2.24) is 0 Å². The Kier molecular flexibility index (Phi) is 5.92. The maximum Gasteiger partial charge on any atom is 0.0158 e. The minimum atomic E-state index is 0.992. The minimum absolute atomic E-state index is 0.992. The maximum atomic E-state index is 2.38. The Morgan fingerprint density at radius 2 is 0.789 bits per heavy atom. The predicted octanol–water partition coefficient (Wildman–Crippen LogP) is 10.4. The van der Waals surface area contributed by atoms with Crippen molar-refractivity contribution in [1.29, 1.82) is 0 Å². The smallest absolute Gasteiger partial charge is 0.0158 e. The van der Waals surface area contributed by atoms with Gasteiger partial charge in [-0.25, -0.2) is 0 Å². The average Bonchev–Trinajstić information content (AvgIpc) is 3.00. The molecule has 0 spiro atoms. The summed E-state index contributed by atoms with van der Waals surface area (Å²) in [6, 6.07) is 53.0. The summed E-state index contributed by atoms with van der Waals surface area (Å²) < 4.78 is 0. The summed E-state index contributed by atoms with van der Waals surface area (Å²) in [7, 11) is 0. The lowest BCUT2D eigenvalue weighted by Gasteiger charge is -2.19. The van der Waals surface area contributed by atoms with E-state index in [-0.39, 0.29) is 0 Å². The van der Waals surface area contributed by atoms with Crippen molar-refractivity contribution in [2.45, 2.75) is 16.2 Å². The van der Waals surface area contributed by atoms with Crippen LogP contribution in [0.15, 0.2) is 155 Å². The summed E-state index contributed by atoms with van der Waals surface area (Å²) in [5.74, 6) is 0. The first kappa shape index (κ1) is 22.8. The van der Waals surface area contributed by atoms with Crippen LogP contribution in [0, 0.1) is 0 Å². The van der Waals surface area contributed by atoms with Crippen LogP contribution in [0.4, 0.5) is 0 Å². The molecule has 1 heterocycles. The lowest BCUT2D eigenvalue weighted by Crippen LogP contribution is -1.99. The van der Waals surface area contributed by atoms with Gasteiger partial charge < -0.3 is 0 Å². The molecular formula is C37H26S. The monoisotopic (exact) mass is 502 g/mol. The van der Waals surface area contributed by atoms with E-state index in [9.17, 15) is 0 Å². The van der Waals surface area contributed by atoms with Crippen LogP contribution in [-0.2, 0) is 6.42 Å². The summed E-state index contributed by atoms with van der Waals surface area (Å²) in [5.41, 5.74) is 12.7. The molecule has 0 radical (unpaired) electrons. The molecular weight excluding hydrogens is 476 g/mol. The zero-order chi connectivity index (χ0) is 25.3. The van der Waals surface area contributed by atoms with Crippen molar-refractivity contribution >= 4 is 11.8 Å². The third-order valence-electron chi connectivity index (χ3n) is 7.31. The van der Waals surface area contributed by atoms with Gasteiger partial charge in [0.15, 0.2) is 0 Å². The molecule has 0 saturated heterocycles. The largest absolute Gasteiger partial charge is 0.0895 e. The van der Waals surface area contributed by atoms with Gasteiger partial charge >= 0.3 is 0 Å². The van der Waals surface area contributed by atoms with E-state index in [1.807, 2.05) is 11.8 Å². The topological polar surface area (TPSA) is 0 Å². The fourth-order valence-corrected chi connectivity index (χ4v) is 6.39. The van der Waals surface area contributed by atoms with Gasteiger partial charge in [-0.3, -0.25) is 0 Å². The van der Waals surface area contributed by atoms with Gasteiger partial charge in [0, 0.05) is 9.79 Å². The molecule has 0 aliphatic carbocycles. The summed E-state index contributed by atoms with van der Waals surface area (Å²) in [5, 5.41) is 0. The molecule has 38 heavy (non-hydrogen) atoms. The van der Waals surface area contributed by atoms with Crippen molar-refractivity contribution < 1.29 is 0 Å². The highest BCUT2D eigenvalue weighted by molar-refractivity contribution is 7.99. The van der Waals surface area contributed by atoms with E-state index < -0.39 is 0 Å². The number of hydrogen-bond acceptors (Lipinski definition) is 1. The molecule has 0 aromatic heterocycles. The highest BCUT2D eigenvalue weighted by Gasteiger charge is 2.16. The molecule has 180 valence electrons. The van der Waals surface area contributed by atoms with Gasteiger partial charge in [-0.1, -0.05) is 115 Å². The first-order chi connectivity index (χ1) is 18.8. The van der Waals surface area contributed by atoms with Crippen LogP contribution >= 0.6 is 11.8 Å². The SMILES string of the molecule is c1ccc(-c2cc(-c3ccccc3)cc(-c3cccc(-c4ccc5c(c4)Cc4ccccc4S5)c3)c2)cc1. The maximum absolute atomic E-state index is 2.38. The lowest BCUT2D eigenvalue weighted by molar-refractivity contribution is 1.06. The lowest BCUT2D eigenvalue weighted by atomic mass is 9.92. The Hall–Kier alpha value is -4.33. The zero-order valence-electron chi connectivity index (χ0n) is 21.0. The van der Waals surface area contributed by atoms with Crippen LogP contribution in [0.25, 0.3) is 44.5 Å². The van der Waals surface area contributed by atoms with Crippen LogP contribution in [0.1, 0.15) is 11.1 Å². The van der Waals surface area contributed by atoms with Gasteiger partial charge in [0.25, 0.3) is 0 Å². The summed E-state index contributed by atoms with van der Waals surface area (Å²) >= 11 is 1.89. The van der Waals surface area contributed by atoms with Gasteiger partial charge in [-0.2, -0.15) is 0 Å². The third-order valence-corrected chi connectivity index (χ3v) is 8.55. The molecule has 7 rings (SSSR count). The number of fused-ring (bicyclic) bond motifs is 2. The van der Waals surface area contributed by atoms with Crippen LogP contribution in [0.2, 0.25) is 0 Å². The van der Waals surface area contributed by atoms with E-state index in [2.05, 4.69) is 146 Å². The Labute approximate surface area is 228 Å². The van der Waals surface area contributed by atoms with E-state index in [0.717, 1.165) is 6.42 Å². The van der Waals surface area contributed by atoms with Gasteiger partial charge in [-0.15, -0.1) is 0 Å². The van der Waals surface area contributed by atoms with Gasteiger partial charge in [0.2, 0.25) is 0 Å².